The van der Waals surface area contributed by atoms with E-state index in [0.29, 0.717) is 6.54 Å². The van der Waals surface area contributed by atoms with Crippen LogP contribution in [0, 0.1) is 0 Å². The molecule has 1 aromatic rings. The Morgan fingerprint density at radius 2 is 2.38 bits per heavy atom. The molecule has 13 heavy (non-hydrogen) atoms. The van der Waals surface area contributed by atoms with E-state index in [1.165, 1.54) is 0 Å². The molecule has 0 amide bonds. The Bertz CT molecular complexity index is 252. The van der Waals surface area contributed by atoms with Gasteiger partial charge >= 0.3 is 0 Å². The number of nitrogens with zero attached hydrogens (tertiary/aromatic N) is 1. The number of aliphatic hydroxyl groups is 1. The molecule has 0 saturated carbocycles. The Balaban J connectivity index is 2.41. The molecule has 72 valence electrons. The minimum Gasteiger partial charge on any atom is -0.395 e. The molecule has 0 aliphatic heterocycles. The Kier molecular flexibility index (Phi) is 4.14. The van der Waals surface area contributed by atoms with Gasteiger partial charge in [0, 0.05) is 23.3 Å². The molecule has 0 spiro atoms. The fraction of sp³-hybridized carbons (Fsp3) is 0.375. The van der Waals surface area contributed by atoms with E-state index in [-0.39, 0.29) is 12.6 Å². The molecule has 0 aliphatic carbocycles. The van der Waals surface area contributed by atoms with Crippen molar-refractivity contribution in [3.8, 4) is 0 Å². The number of halogens is 1. The largest absolute Gasteiger partial charge is 0.395 e. The average Bonchev–Trinajstić information content (AvgIpc) is 2.16. The SMILES string of the molecule is NC(CO)CNc1ccc(Br)cn1. The standard InChI is InChI=1S/C8H12BrN3O/c9-6-1-2-8(11-3-6)12-4-7(10)5-13/h1-3,7,13H,4-5,10H2,(H,11,12). The van der Waals surface area contributed by atoms with Crippen LogP contribution in [0.25, 0.3) is 0 Å². The number of pyridine rings is 1. The van der Waals surface area contributed by atoms with Crippen molar-refractivity contribution in [2.75, 3.05) is 18.5 Å². The van der Waals surface area contributed by atoms with Crippen molar-refractivity contribution in [1.29, 1.82) is 0 Å². The molecule has 4 nitrogen and oxygen atoms in total. The summed E-state index contributed by atoms with van der Waals surface area (Å²) in [5.74, 6) is 0.757. The summed E-state index contributed by atoms with van der Waals surface area (Å²) in [5.41, 5.74) is 5.50. The molecule has 0 bridgehead atoms. The van der Waals surface area contributed by atoms with Crippen molar-refractivity contribution in [3.63, 3.8) is 0 Å². The molecule has 0 saturated heterocycles. The van der Waals surface area contributed by atoms with Gasteiger partial charge in [-0.1, -0.05) is 0 Å². The second-order valence-electron chi connectivity index (χ2n) is 2.69. The topological polar surface area (TPSA) is 71.2 Å². The van der Waals surface area contributed by atoms with Crippen LogP contribution in [-0.4, -0.2) is 29.3 Å². The Labute approximate surface area is 85.3 Å². The van der Waals surface area contributed by atoms with Crippen LogP contribution in [0.1, 0.15) is 0 Å². The molecular formula is C8H12BrN3O. The number of nitrogens with one attached hydrogen (secondary N) is 1. The third kappa shape index (κ3) is 3.71. The van der Waals surface area contributed by atoms with Gasteiger partial charge in [-0.05, 0) is 28.1 Å². The van der Waals surface area contributed by atoms with Crippen molar-refractivity contribution in [2.45, 2.75) is 6.04 Å². The van der Waals surface area contributed by atoms with Gasteiger partial charge in [0.25, 0.3) is 0 Å². The van der Waals surface area contributed by atoms with Crippen LogP contribution in [0.2, 0.25) is 0 Å². The minimum atomic E-state index is -0.245. The van der Waals surface area contributed by atoms with Gasteiger partial charge in [0.1, 0.15) is 5.82 Å². The number of nitrogens with two attached hydrogens (primary N) is 1. The molecule has 0 aliphatic rings. The molecular weight excluding hydrogens is 234 g/mol. The quantitative estimate of drug-likeness (QED) is 0.726. The van der Waals surface area contributed by atoms with E-state index in [4.69, 9.17) is 10.8 Å². The number of hydrogen-bond acceptors (Lipinski definition) is 4. The molecule has 4 N–H and O–H groups in total. The van der Waals surface area contributed by atoms with Gasteiger partial charge in [-0.3, -0.25) is 0 Å². The lowest BCUT2D eigenvalue weighted by atomic mass is 10.3. The minimum absolute atomic E-state index is 0.0243. The lowest BCUT2D eigenvalue weighted by molar-refractivity contribution is 0.270. The van der Waals surface area contributed by atoms with E-state index in [9.17, 15) is 0 Å². The second-order valence-corrected chi connectivity index (χ2v) is 3.60. The lowest BCUT2D eigenvalue weighted by Crippen LogP contribution is -2.32. The van der Waals surface area contributed by atoms with Crippen LogP contribution in [0.15, 0.2) is 22.8 Å². The maximum atomic E-state index is 8.66. The smallest absolute Gasteiger partial charge is 0.126 e. The van der Waals surface area contributed by atoms with Crippen molar-refractivity contribution in [3.05, 3.63) is 22.8 Å². The Morgan fingerprint density at radius 3 is 2.92 bits per heavy atom. The van der Waals surface area contributed by atoms with Crippen molar-refractivity contribution in [2.24, 2.45) is 5.73 Å². The summed E-state index contributed by atoms with van der Waals surface area (Å²) >= 11 is 3.28. The predicted molar refractivity (Wildman–Crippen MR) is 55.5 cm³/mol. The molecule has 1 atom stereocenters. The van der Waals surface area contributed by atoms with Crippen LogP contribution in [-0.2, 0) is 0 Å². The normalized spacial score (nSPS) is 12.5. The average molecular weight is 246 g/mol. The Morgan fingerprint density at radius 1 is 1.62 bits per heavy atom. The number of rotatable bonds is 4. The fourth-order valence-electron chi connectivity index (χ4n) is 0.781. The first kappa shape index (κ1) is 10.4. The first-order chi connectivity index (χ1) is 6.22. The molecule has 1 unspecified atom stereocenters. The highest BCUT2D eigenvalue weighted by atomic mass is 79.9. The number of hydrogen-bond donors (Lipinski definition) is 3. The van der Waals surface area contributed by atoms with Crippen LogP contribution in [0.3, 0.4) is 0 Å². The van der Waals surface area contributed by atoms with Crippen LogP contribution >= 0.6 is 15.9 Å². The maximum absolute atomic E-state index is 8.66. The van der Waals surface area contributed by atoms with Gasteiger partial charge in [0.05, 0.1) is 6.61 Å². The van der Waals surface area contributed by atoms with E-state index in [2.05, 4.69) is 26.2 Å². The summed E-state index contributed by atoms with van der Waals surface area (Å²) in [6, 6.07) is 3.49. The maximum Gasteiger partial charge on any atom is 0.126 e. The summed E-state index contributed by atoms with van der Waals surface area (Å²) in [5, 5.41) is 11.7. The van der Waals surface area contributed by atoms with Gasteiger partial charge < -0.3 is 16.2 Å². The van der Waals surface area contributed by atoms with E-state index in [0.717, 1.165) is 10.3 Å². The lowest BCUT2D eigenvalue weighted by Gasteiger charge is -2.09. The molecule has 1 rings (SSSR count). The van der Waals surface area contributed by atoms with Crippen LogP contribution < -0.4 is 11.1 Å². The van der Waals surface area contributed by atoms with Gasteiger partial charge in [-0.25, -0.2) is 4.98 Å². The summed E-state index contributed by atoms with van der Waals surface area (Å²) in [6.45, 7) is 0.495. The fourth-order valence-corrected chi connectivity index (χ4v) is 1.02. The highest BCUT2D eigenvalue weighted by Gasteiger charge is 1.99. The highest BCUT2D eigenvalue weighted by Crippen LogP contribution is 2.09. The van der Waals surface area contributed by atoms with Crippen molar-refractivity contribution in [1.82, 2.24) is 4.98 Å². The molecule has 1 heterocycles. The summed E-state index contributed by atoms with van der Waals surface area (Å²) < 4.78 is 0.935. The monoisotopic (exact) mass is 245 g/mol. The van der Waals surface area contributed by atoms with Crippen LogP contribution in [0.5, 0.6) is 0 Å². The van der Waals surface area contributed by atoms with E-state index < -0.39 is 0 Å². The molecule has 0 fully saturated rings. The van der Waals surface area contributed by atoms with Gasteiger partial charge in [-0.2, -0.15) is 0 Å². The van der Waals surface area contributed by atoms with Crippen LogP contribution in [0.4, 0.5) is 5.82 Å². The third-order valence-corrected chi connectivity index (χ3v) is 1.98. The first-order valence-corrected chi connectivity index (χ1v) is 4.73. The molecule has 5 heteroatoms. The number of aromatic nitrogens is 1. The van der Waals surface area contributed by atoms with E-state index >= 15 is 0 Å². The highest BCUT2D eigenvalue weighted by molar-refractivity contribution is 9.10. The first-order valence-electron chi connectivity index (χ1n) is 3.94. The van der Waals surface area contributed by atoms with Gasteiger partial charge in [0.15, 0.2) is 0 Å². The predicted octanol–water partition coefficient (Wildman–Crippen LogP) is 0.576. The van der Waals surface area contributed by atoms with Gasteiger partial charge in [-0.15, -0.1) is 0 Å². The Hall–Kier alpha value is -0.650. The molecule has 1 aromatic heterocycles. The number of anilines is 1. The van der Waals surface area contributed by atoms with Gasteiger partial charge in [0.2, 0.25) is 0 Å². The molecule has 0 radical (unpaired) electrons. The second kappa shape index (κ2) is 5.16. The summed E-state index contributed by atoms with van der Waals surface area (Å²) in [6.07, 6.45) is 1.70. The summed E-state index contributed by atoms with van der Waals surface area (Å²) in [7, 11) is 0. The van der Waals surface area contributed by atoms with Crippen molar-refractivity contribution >= 4 is 21.7 Å². The number of aliphatic hydroxyl groups excluding tert-OH is 1. The van der Waals surface area contributed by atoms with E-state index in [1.54, 1.807) is 6.20 Å². The van der Waals surface area contributed by atoms with Crippen molar-refractivity contribution < 1.29 is 5.11 Å². The zero-order valence-electron chi connectivity index (χ0n) is 7.07. The third-order valence-electron chi connectivity index (χ3n) is 1.51. The van der Waals surface area contributed by atoms with E-state index in [1.807, 2.05) is 12.1 Å². The zero-order chi connectivity index (χ0) is 9.68. The zero-order valence-corrected chi connectivity index (χ0v) is 8.66. The molecule has 0 aromatic carbocycles. The summed E-state index contributed by atoms with van der Waals surface area (Å²) in [4.78, 5) is 4.09.